The fourth-order valence-electron chi connectivity index (χ4n) is 1.89. The van der Waals surface area contributed by atoms with Gasteiger partial charge in [0.05, 0.1) is 0 Å². The molecule has 1 unspecified atom stereocenters. The first kappa shape index (κ1) is 14.7. The molecular weight excluding hydrogens is 321 g/mol. The van der Waals surface area contributed by atoms with Gasteiger partial charge in [0.1, 0.15) is 5.82 Å². The van der Waals surface area contributed by atoms with E-state index in [1.807, 2.05) is 31.2 Å². The molecule has 0 spiro atoms. The van der Waals surface area contributed by atoms with E-state index < -0.39 is 0 Å². The lowest BCUT2D eigenvalue weighted by molar-refractivity contribution is 0.102. The number of hydrogen-bond acceptors (Lipinski definition) is 1. The summed E-state index contributed by atoms with van der Waals surface area (Å²) in [5.41, 5.74) is 2.54. The first-order valence-corrected chi connectivity index (χ1v) is 7.21. The number of nitrogens with one attached hydrogen (secondary N) is 1. The third-order valence-corrected chi connectivity index (χ3v) is 3.56. The van der Waals surface area contributed by atoms with Crippen LogP contribution < -0.4 is 5.32 Å². The molecular formula is C16H15BrFNO. The van der Waals surface area contributed by atoms with E-state index in [9.17, 15) is 9.18 Å². The van der Waals surface area contributed by atoms with E-state index in [1.54, 1.807) is 19.1 Å². The van der Waals surface area contributed by atoms with Gasteiger partial charge in [-0.3, -0.25) is 4.79 Å². The number of carbonyl (C=O) groups is 1. The monoisotopic (exact) mass is 335 g/mol. The lowest BCUT2D eigenvalue weighted by atomic mass is 10.1. The van der Waals surface area contributed by atoms with Crippen molar-refractivity contribution in [2.45, 2.75) is 18.7 Å². The van der Waals surface area contributed by atoms with E-state index >= 15 is 0 Å². The standard InChI is InChI=1S/C16H15BrFNO/c1-10-7-8-12(9-14(10)18)16(20)19-15-6-4-3-5-13(15)11(2)17/h3-9,11H,1-2H3,(H,19,20). The summed E-state index contributed by atoms with van der Waals surface area (Å²) in [5.74, 6) is -0.690. The topological polar surface area (TPSA) is 29.1 Å². The van der Waals surface area contributed by atoms with E-state index in [4.69, 9.17) is 0 Å². The van der Waals surface area contributed by atoms with Gasteiger partial charge in [-0.2, -0.15) is 0 Å². The Morgan fingerprint density at radius 2 is 1.95 bits per heavy atom. The Kier molecular flexibility index (Phi) is 4.55. The maximum atomic E-state index is 13.5. The van der Waals surface area contributed by atoms with Crippen molar-refractivity contribution < 1.29 is 9.18 Å². The second kappa shape index (κ2) is 6.18. The second-order valence-corrected chi connectivity index (χ2v) is 5.99. The summed E-state index contributed by atoms with van der Waals surface area (Å²) in [6.45, 7) is 3.65. The highest BCUT2D eigenvalue weighted by atomic mass is 79.9. The fourth-order valence-corrected chi connectivity index (χ4v) is 2.29. The number of rotatable bonds is 3. The van der Waals surface area contributed by atoms with E-state index in [2.05, 4.69) is 21.2 Å². The Balaban J connectivity index is 2.26. The average Bonchev–Trinajstić information content (AvgIpc) is 2.42. The lowest BCUT2D eigenvalue weighted by Crippen LogP contribution is -2.13. The van der Waals surface area contributed by atoms with Gasteiger partial charge in [0.25, 0.3) is 5.91 Å². The SMILES string of the molecule is Cc1ccc(C(=O)Nc2ccccc2C(C)Br)cc1F. The third kappa shape index (κ3) is 3.25. The highest BCUT2D eigenvalue weighted by Crippen LogP contribution is 2.28. The molecule has 104 valence electrons. The summed E-state index contributed by atoms with van der Waals surface area (Å²) in [6, 6.07) is 12.0. The molecule has 0 aliphatic heterocycles. The van der Waals surface area contributed by atoms with Gasteiger partial charge in [0.15, 0.2) is 0 Å². The van der Waals surface area contributed by atoms with Crippen LogP contribution in [0.2, 0.25) is 0 Å². The summed E-state index contributed by atoms with van der Waals surface area (Å²) in [5, 5.41) is 2.82. The number of carbonyl (C=O) groups excluding carboxylic acids is 1. The maximum Gasteiger partial charge on any atom is 0.255 e. The van der Waals surface area contributed by atoms with Crippen molar-refractivity contribution in [3.05, 3.63) is 65.0 Å². The molecule has 2 rings (SSSR count). The molecule has 1 atom stereocenters. The van der Waals surface area contributed by atoms with Crippen molar-refractivity contribution in [1.82, 2.24) is 0 Å². The van der Waals surface area contributed by atoms with Gasteiger partial charge in [-0.1, -0.05) is 40.2 Å². The molecule has 0 heterocycles. The Hall–Kier alpha value is -1.68. The molecule has 0 aliphatic carbocycles. The normalized spacial score (nSPS) is 12.0. The van der Waals surface area contributed by atoms with Gasteiger partial charge < -0.3 is 5.32 Å². The third-order valence-electron chi connectivity index (χ3n) is 3.07. The first-order valence-electron chi connectivity index (χ1n) is 6.29. The smallest absolute Gasteiger partial charge is 0.255 e. The van der Waals surface area contributed by atoms with Crippen LogP contribution in [0, 0.1) is 12.7 Å². The Labute approximate surface area is 126 Å². The zero-order chi connectivity index (χ0) is 14.7. The number of para-hydroxylation sites is 1. The zero-order valence-electron chi connectivity index (χ0n) is 11.3. The Morgan fingerprint density at radius 1 is 1.25 bits per heavy atom. The predicted molar refractivity (Wildman–Crippen MR) is 82.9 cm³/mol. The lowest BCUT2D eigenvalue weighted by Gasteiger charge is -2.13. The van der Waals surface area contributed by atoms with Crippen LogP contribution in [0.15, 0.2) is 42.5 Å². The van der Waals surface area contributed by atoms with E-state index in [-0.39, 0.29) is 16.6 Å². The summed E-state index contributed by atoms with van der Waals surface area (Å²) in [6.07, 6.45) is 0. The Bertz CT molecular complexity index is 640. The van der Waals surface area contributed by atoms with E-state index in [0.29, 0.717) is 11.1 Å². The van der Waals surface area contributed by atoms with Crippen molar-refractivity contribution in [3.8, 4) is 0 Å². The molecule has 2 aromatic rings. The average molecular weight is 336 g/mol. The van der Waals surface area contributed by atoms with Gasteiger partial charge in [0, 0.05) is 16.1 Å². The highest BCUT2D eigenvalue weighted by Gasteiger charge is 2.12. The van der Waals surface area contributed by atoms with Crippen molar-refractivity contribution in [1.29, 1.82) is 0 Å². The predicted octanol–water partition coefficient (Wildman–Crippen LogP) is 4.84. The van der Waals surface area contributed by atoms with Gasteiger partial charge in [-0.15, -0.1) is 0 Å². The summed E-state index contributed by atoms with van der Waals surface area (Å²) in [7, 11) is 0. The number of aryl methyl sites for hydroxylation is 1. The summed E-state index contributed by atoms with van der Waals surface area (Å²) >= 11 is 3.49. The van der Waals surface area contributed by atoms with E-state index in [0.717, 1.165) is 11.3 Å². The quantitative estimate of drug-likeness (QED) is 0.798. The minimum atomic E-state index is -0.375. The number of halogens is 2. The van der Waals surface area contributed by atoms with Crippen molar-refractivity contribution in [2.24, 2.45) is 0 Å². The van der Waals surface area contributed by atoms with E-state index in [1.165, 1.54) is 6.07 Å². The van der Waals surface area contributed by atoms with Crippen molar-refractivity contribution >= 4 is 27.5 Å². The number of amides is 1. The van der Waals surface area contributed by atoms with Crippen LogP contribution in [0.4, 0.5) is 10.1 Å². The van der Waals surface area contributed by atoms with Crippen LogP contribution in [-0.2, 0) is 0 Å². The number of alkyl halides is 1. The molecule has 4 heteroatoms. The van der Waals surface area contributed by atoms with Crippen LogP contribution in [0.5, 0.6) is 0 Å². The fraction of sp³-hybridized carbons (Fsp3) is 0.188. The van der Waals surface area contributed by atoms with Crippen LogP contribution in [0.25, 0.3) is 0 Å². The highest BCUT2D eigenvalue weighted by molar-refractivity contribution is 9.09. The molecule has 1 N–H and O–H groups in total. The molecule has 0 radical (unpaired) electrons. The van der Waals surface area contributed by atoms with Crippen molar-refractivity contribution in [3.63, 3.8) is 0 Å². The number of benzene rings is 2. The van der Waals surface area contributed by atoms with Gasteiger partial charge in [-0.05, 0) is 43.2 Å². The van der Waals surface area contributed by atoms with Crippen LogP contribution >= 0.6 is 15.9 Å². The van der Waals surface area contributed by atoms with Gasteiger partial charge in [-0.25, -0.2) is 4.39 Å². The first-order chi connectivity index (χ1) is 9.49. The number of hydrogen-bond donors (Lipinski definition) is 1. The molecule has 0 saturated carbocycles. The molecule has 1 amide bonds. The summed E-state index contributed by atoms with van der Waals surface area (Å²) < 4.78 is 13.5. The molecule has 0 saturated heterocycles. The van der Waals surface area contributed by atoms with Gasteiger partial charge in [0.2, 0.25) is 0 Å². The molecule has 0 fully saturated rings. The molecule has 2 aromatic carbocycles. The minimum Gasteiger partial charge on any atom is -0.322 e. The molecule has 2 nitrogen and oxygen atoms in total. The molecule has 0 bridgehead atoms. The van der Waals surface area contributed by atoms with Crippen LogP contribution in [0.3, 0.4) is 0 Å². The minimum absolute atomic E-state index is 0.119. The number of anilines is 1. The zero-order valence-corrected chi connectivity index (χ0v) is 12.9. The molecule has 0 aliphatic rings. The second-order valence-electron chi connectivity index (χ2n) is 4.62. The Morgan fingerprint density at radius 3 is 2.60 bits per heavy atom. The summed E-state index contributed by atoms with van der Waals surface area (Å²) in [4.78, 5) is 12.3. The van der Waals surface area contributed by atoms with Crippen molar-refractivity contribution in [2.75, 3.05) is 5.32 Å². The largest absolute Gasteiger partial charge is 0.322 e. The molecule has 20 heavy (non-hydrogen) atoms. The molecule has 0 aromatic heterocycles. The van der Waals surface area contributed by atoms with Crippen LogP contribution in [-0.4, -0.2) is 5.91 Å². The van der Waals surface area contributed by atoms with Gasteiger partial charge >= 0.3 is 0 Å². The maximum absolute atomic E-state index is 13.5. The van der Waals surface area contributed by atoms with Crippen LogP contribution in [0.1, 0.15) is 33.2 Å².